The summed E-state index contributed by atoms with van der Waals surface area (Å²) >= 11 is 0. The summed E-state index contributed by atoms with van der Waals surface area (Å²) in [5, 5.41) is 2.86. The molecule has 1 heterocycles. The molecule has 1 aromatic heterocycles. The van der Waals surface area contributed by atoms with Crippen molar-refractivity contribution < 1.29 is 13.9 Å². The van der Waals surface area contributed by atoms with Gasteiger partial charge in [-0.25, -0.2) is 0 Å². The van der Waals surface area contributed by atoms with E-state index in [1.807, 2.05) is 12.1 Å². The Morgan fingerprint density at radius 2 is 1.63 bits per heavy atom. The second-order valence-electron chi connectivity index (χ2n) is 7.48. The number of aryl methyl sites for hydroxylation is 1. The number of furan rings is 1. The number of rotatable bonds is 11. The number of nitrogens with zero attached hydrogens (tertiary/aromatic N) is 1. The van der Waals surface area contributed by atoms with Gasteiger partial charge in [0.25, 0.3) is 5.91 Å². The van der Waals surface area contributed by atoms with Gasteiger partial charge in [-0.1, -0.05) is 60.2 Å². The van der Waals surface area contributed by atoms with Crippen LogP contribution in [0.15, 0.2) is 71.1 Å². The van der Waals surface area contributed by atoms with E-state index in [0.717, 1.165) is 25.3 Å². The van der Waals surface area contributed by atoms with Crippen LogP contribution in [-0.2, 0) is 24.4 Å². The molecule has 0 atom stereocenters. The van der Waals surface area contributed by atoms with E-state index >= 15 is 0 Å². The number of hydrogen-bond donors (Lipinski definition) is 1. The molecule has 0 spiro atoms. The Balaban J connectivity index is 1.65. The van der Waals surface area contributed by atoms with Crippen molar-refractivity contribution in [3.63, 3.8) is 0 Å². The highest BCUT2D eigenvalue weighted by atomic mass is 16.5. The summed E-state index contributed by atoms with van der Waals surface area (Å²) in [7, 11) is 1.65. The first kappa shape index (κ1) is 21.8. The highest BCUT2D eigenvalue weighted by Gasteiger charge is 2.14. The van der Waals surface area contributed by atoms with Crippen LogP contribution in [0, 0.1) is 6.92 Å². The van der Waals surface area contributed by atoms with Crippen LogP contribution in [0.5, 0.6) is 0 Å². The smallest absolute Gasteiger partial charge is 0.286 e. The van der Waals surface area contributed by atoms with Crippen LogP contribution in [0.25, 0.3) is 0 Å². The van der Waals surface area contributed by atoms with Crippen molar-refractivity contribution in [1.82, 2.24) is 10.2 Å². The lowest BCUT2D eigenvalue weighted by Crippen LogP contribution is -2.25. The van der Waals surface area contributed by atoms with Gasteiger partial charge < -0.3 is 14.5 Å². The fourth-order valence-electron chi connectivity index (χ4n) is 3.27. The second kappa shape index (κ2) is 11.3. The molecule has 1 N–H and O–H groups in total. The molecule has 0 unspecified atom stereocenters. The predicted octanol–water partition coefficient (Wildman–Crippen LogP) is 4.56. The molecule has 158 valence electrons. The van der Waals surface area contributed by atoms with Crippen molar-refractivity contribution in [2.24, 2.45) is 0 Å². The Labute approximate surface area is 178 Å². The van der Waals surface area contributed by atoms with Gasteiger partial charge in [-0.05, 0) is 36.6 Å². The molecule has 3 rings (SSSR count). The van der Waals surface area contributed by atoms with Crippen LogP contribution in [-0.4, -0.2) is 31.1 Å². The summed E-state index contributed by atoms with van der Waals surface area (Å²) < 4.78 is 10.8. The van der Waals surface area contributed by atoms with Gasteiger partial charge in [-0.3, -0.25) is 9.69 Å². The maximum absolute atomic E-state index is 12.3. The molecule has 0 bridgehead atoms. The van der Waals surface area contributed by atoms with Crippen molar-refractivity contribution in [3.05, 3.63) is 94.9 Å². The quantitative estimate of drug-likeness (QED) is 0.475. The van der Waals surface area contributed by atoms with Crippen LogP contribution in [0.1, 0.15) is 39.4 Å². The molecule has 5 nitrogen and oxygen atoms in total. The topological polar surface area (TPSA) is 54.7 Å². The molecule has 3 aromatic rings. The molecule has 0 saturated carbocycles. The van der Waals surface area contributed by atoms with Crippen LogP contribution in [0.2, 0.25) is 0 Å². The maximum atomic E-state index is 12.3. The van der Waals surface area contributed by atoms with Gasteiger partial charge in [0.2, 0.25) is 0 Å². The minimum Gasteiger partial charge on any atom is -0.455 e. The van der Waals surface area contributed by atoms with E-state index in [1.54, 1.807) is 13.2 Å². The van der Waals surface area contributed by atoms with E-state index in [1.165, 1.54) is 16.7 Å². The molecule has 0 radical (unpaired) electrons. The zero-order valence-corrected chi connectivity index (χ0v) is 17.8. The molecule has 0 aliphatic rings. The lowest BCUT2D eigenvalue weighted by Gasteiger charge is -2.21. The van der Waals surface area contributed by atoms with Gasteiger partial charge in [-0.2, -0.15) is 0 Å². The first-order valence-corrected chi connectivity index (χ1v) is 10.3. The lowest BCUT2D eigenvalue weighted by molar-refractivity contribution is 0.0916. The van der Waals surface area contributed by atoms with Gasteiger partial charge in [0.05, 0.1) is 6.54 Å². The number of methoxy groups -OCH3 is 1. The average Bonchev–Trinajstić information content (AvgIpc) is 3.22. The van der Waals surface area contributed by atoms with Crippen molar-refractivity contribution in [1.29, 1.82) is 0 Å². The SMILES string of the molecule is COCCCNC(=O)c1ccc(CN(Cc2ccccc2)Cc2ccc(C)cc2)o1. The summed E-state index contributed by atoms with van der Waals surface area (Å²) in [6.45, 7) is 5.51. The number of nitrogens with one attached hydrogen (secondary N) is 1. The molecule has 2 aromatic carbocycles. The second-order valence-corrected chi connectivity index (χ2v) is 7.48. The fourth-order valence-corrected chi connectivity index (χ4v) is 3.27. The fraction of sp³-hybridized carbons (Fsp3) is 0.320. The number of carbonyl (C=O) groups is 1. The van der Waals surface area contributed by atoms with E-state index in [9.17, 15) is 4.79 Å². The highest BCUT2D eigenvalue weighted by Crippen LogP contribution is 2.17. The molecule has 0 aliphatic heterocycles. The third-order valence-corrected chi connectivity index (χ3v) is 4.85. The van der Waals surface area contributed by atoms with Gasteiger partial charge >= 0.3 is 0 Å². The maximum Gasteiger partial charge on any atom is 0.286 e. The third-order valence-electron chi connectivity index (χ3n) is 4.85. The van der Waals surface area contributed by atoms with E-state index in [-0.39, 0.29) is 5.91 Å². The number of amides is 1. The van der Waals surface area contributed by atoms with Gasteiger partial charge in [0.15, 0.2) is 5.76 Å². The summed E-state index contributed by atoms with van der Waals surface area (Å²) in [6.07, 6.45) is 0.775. The average molecular weight is 407 g/mol. The minimum atomic E-state index is -0.189. The zero-order valence-electron chi connectivity index (χ0n) is 17.8. The molecule has 0 fully saturated rings. The highest BCUT2D eigenvalue weighted by molar-refractivity contribution is 5.91. The van der Waals surface area contributed by atoms with Crippen molar-refractivity contribution in [2.75, 3.05) is 20.3 Å². The molecule has 30 heavy (non-hydrogen) atoms. The number of carbonyl (C=O) groups excluding carboxylic acids is 1. The summed E-state index contributed by atoms with van der Waals surface area (Å²) in [4.78, 5) is 14.6. The Morgan fingerprint density at radius 1 is 0.933 bits per heavy atom. The first-order valence-electron chi connectivity index (χ1n) is 10.3. The van der Waals surface area contributed by atoms with Crippen molar-refractivity contribution in [2.45, 2.75) is 33.0 Å². The van der Waals surface area contributed by atoms with E-state index in [4.69, 9.17) is 9.15 Å². The normalized spacial score (nSPS) is 11.0. The largest absolute Gasteiger partial charge is 0.455 e. The Morgan fingerprint density at radius 3 is 2.33 bits per heavy atom. The first-order chi connectivity index (χ1) is 14.6. The molecular formula is C25H30N2O3. The van der Waals surface area contributed by atoms with Crippen molar-refractivity contribution >= 4 is 5.91 Å². The third kappa shape index (κ3) is 6.87. The van der Waals surface area contributed by atoms with E-state index in [2.05, 4.69) is 65.7 Å². The standard InChI is InChI=1S/C25H30N2O3/c1-20-9-11-22(12-10-20)18-27(17-21-7-4-3-5-8-21)19-23-13-14-24(30-23)25(28)26-15-6-16-29-2/h3-5,7-14H,6,15-19H2,1-2H3,(H,26,28). The van der Waals surface area contributed by atoms with Gasteiger partial charge in [0, 0.05) is 33.4 Å². The van der Waals surface area contributed by atoms with Gasteiger partial charge in [-0.15, -0.1) is 0 Å². The number of benzene rings is 2. The Hall–Kier alpha value is -2.89. The molecule has 0 aliphatic carbocycles. The zero-order chi connectivity index (χ0) is 21.2. The Kier molecular flexibility index (Phi) is 8.24. The summed E-state index contributed by atoms with van der Waals surface area (Å²) in [5.41, 5.74) is 3.74. The predicted molar refractivity (Wildman–Crippen MR) is 118 cm³/mol. The van der Waals surface area contributed by atoms with Crippen LogP contribution < -0.4 is 5.32 Å². The molecule has 0 saturated heterocycles. The molecule has 5 heteroatoms. The van der Waals surface area contributed by atoms with Crippen LogP contribution in [0.4, 0.5) is 0 Å². The summed E-state index contributed by atoms with van der Waals surface area (Å²) in [5.74, 6) is 0.933. The van der Waals surface area contributed by atoms with Crippen molar-refractivity contribution in [3.8, 4) is 0 Å². The number of hydrogen-bond acceptors (Lipinski definition) is 4. The van der Waals surface area contributed by atoms with E-state index in [0.29, 0.717) is 25.5 Å². The van der Waals surface area contributed by atoms with Crippen LogP contribution >= 0.6 is 0 Å². The van der Waals surface area contributed by atoms with E-state index < -0.39 is 0 Å². The molecule has 1 amide bonds. The lowest BCUT2D eigenvalue weighted by atomic mass is 10.1. The minimum absolute atomic E-state index is 0.189. The Bertz CT molecular complexity index is 904. The van der Waals surface area contributed by atoms with Gasteiger partial charge in [0.1, 0.15) is 5.76 Å². The monoisotopic (exact) mass is 406 g/mol. The number of ether oxygens (including phenoxy) is 1. The summed E-state index contributed by atoms with van der Waals surface area (Å²) in [6, 6.07) is 22.6. The molecular weight excluding hydrogens is 376 g/mol. The van der Waals surface area contributed by atoms with Crippen LogP contribution in [0.3, 0.4) is 0 Å².